The van der Waals surface area contributed by atoms with Gasteiger partial charge in [0.05, 0.1) is 12.3 Å². The summed E-state index contributed by atoms with van der Waals surface area (Å²) in [5.74, 6) is 1.28. The molecule has 3 aromatic rings. The first kappa shape index (κ1) is 19.9. The molecule has 1 aromatic heterocycles. The van der Waals surface area contributed by atoms with Crippen LogP contribution in [-0.2, 0) is 24.5 Å². The monoisotopic (exact) mass is 402 g/mol. The largest absolute Gasteiger partial charge is 0.356 e. The molecule has 2 aromatic carbocycles. The Morgan fingerprint density at radius 2 is 1.67 bits per heavy atom. The zero-order valence-electron chi connectivity index (χ0n) is 15.9. The van der Waals surface area contributed by atoms with E-state index in [1.807, 2.05) is 37.3 Å². The molecule has 27 heavy (non-hydrogen) atoms. The van der Waals surface area contributed by atoms with E-state index in [0.717, 1.165) is 22.6 Å². The third-order valence-electron chi connectivity index (χ3n) is 4.45. The van der Waals surface area contributed by atoms with Gasteiger partial charge in [0.2, 0.25) is 0 Å². The maximum Gasteiger partial charge on any atom is 0.124 e. The molecule has 3 rings (SSSR count). The Balaban J connectivity index is 1.80. The third kappa shape index (κ3) is 5.13. The van der Waals surface area contributed by atoms with E-state index in [1.54, 1.807) is 6.07 Å². The summed E-state index contributed by atoms with van der Waals surface area (Å²) in [5.41, 5.74) is 4.46. The Morgan fingerprint density at radius 3 is 2.30 bits per heavy atom. The Bertz CT molecular complexity index is 884. The smallest absolute Gasteiger partial charge is 0.124 e. The standard InChI is InChI=1S/C22H24Cl2N2O/c1-15(2)22-21(11-18-9-19(23)12-20(24)10-18)25-16(3)26(22)14-27-13-17-7-5-4-6-8-17/h4-10,12,15H,11,13-14H2,1-3H3. The number of aromatic nitrogens is 2. The number of hydrogen-bond acceptors (Lipinski definition) is 2. The van der Waals surface area contributed by atoms with Crippen LogP contribution in [0.25, 0.3) is 0 Å². The van der Waals surface area contributed by atoms with Crippen molar-refractivity contribution in [2.45, 2.75) is 46.4 Å². The molecule has 0 saturated carbocycles. The fourth-order valence-corrected chi connectivity index (χ4v) is 3.89. The molecule has 0 unspecified atom stereocenters. The lowest BCUT2D eigenvalue weighted by Gasteiger charge is -2.15. The SMILES string of the molecule is Cc1nc(Cc2cc(Cl)cc(Cl)c2)c(C(C)C)n1COCc1ccccc1. The molecule has 0 atom stereocenters. The molecule has 0 aliphatic carbocycles. The second-order valence-corrected chi connectivity index (χ2v) is 7.86. The highest BCUT2D eigenvalue weighted by molar-refractivity contribution is 6.34. The summed E-state index contributed by atoms with van der Waals surface area (Å²) >= 11 is 12.3. The topological polar surface area (TPSA) is 27.1 Å². The van der Waals surface area contributed by atoms with Gasteiger partial charge in [0.25, 0.3) is 0 Å². The number of imidazole rings is 1. The minimum Gasteiger partial charge on any atom is -0.356 e. The van der Waals surface area contributed by atoms with Crippen molar-refractivity contribution in [1.29, 1.82) is 0 Å². The highest BCUT2D eigenvalue weighted by Gasteiger charge is 2.18. The van der Waals surface area contributed by atoms with Crippen LogP contribution in [0.4, 0.5) is 0 Å². The van der Waals surface area contributed by atoms with Gasteiger partial charge in [-0.25, -0.2) is 4.98 Å². The molecule has 0 amide bonds. The molecule has 0 spiro atoms. The Morgan fingerprint density at radius 1 is 1.00 bits per heavy atom. The number of benzene rings is 2. The van der Waals surface area contributed by atoms with Gasteiger partial charge in [0, 0.05) is 22.2 Å². The van der Waals surface area contributed by atoms with E-state index in [0.29, 0.717) is 35.7 Å². The lowest BCUT2D eigenvalue weighted by Crippen LogP contribution is -2.10. The highest BCUT2D eigenvalue weighted by atomic mass is 35.5. The molecule has 0 saturated heterocycles. The van der Waals surface area contributed by atoms with Crippen LogP contribution in [0, 0.1) is 6.92 Å². The van der Waals surface area contributed by atoms with Crippen LogP contribution in [0.2, 0.25) is 10.0 Å². The van der Waals surface area contributed by atoms with Gasteiger partial charge in [-0.05, 0) is 42.2 Å². The van der Waals surface area contributed by atoms with E-state index < -0.39 is 0 Å². The number of aryl methyl sites for hydroxylation is 1. The molecule has 1 heterocycles. The first-order valence-electron chi connectivity index (χ1n) is 9.06. The second-order valence-electron chi connectivity index (χ2n) is 6.99. The van der Waals surface area contributed by atoms with Crippen molar-refractivity contribution in [3.05, 3.63) is 86.9 Å². The molecule has 0 bridgehead atoms. The van der Waals surface area contributed by atoms with Gasteiger partial charge in [0.15, 0.2) is 0 Å². The van der Waals surface area contributed by atoms with Gasteiger partial charge in [-0.3, -0.25) is 0 Å². The molecule has 0 aliphatic rings. The van der Waals surface area contributed by atoms with E-state index in [9.17, 15) is 0 Å². The minimum atomic E-state index is 0.330. The highest BCUT2D eigenvalue weighted by Crippen LogP contribution is 2.26. The molecular weight excluding hydrogens is 379 g/mol. The normalized spacial score (nSPS) is 11.3. The van der Waals surface area contributed by atoms with Crippen LogP contribution in [0.1, 0.15) is 48.1 Å². The lowest BCUT2D eigenvalue weighted by molar-refractivity contribution is 0.0605. The summed E-state index contributed by atoms with van der Waals surface area (Å²) in [6.45, 7) is 7.44. The molecule has 0 N–H and O–H groups in total. The second kappa shape index (κ2) is 8.92. The maximum atomic E-state index is 6.15. The Hall–Kier alpha value is -1.81. The molecule has 0 fully saturated rings. The van der Waals surface area contributed by atoms with E-state index >= 15 is 0 Å². The summed E-state index contributed by atoms with van der Waals surface area (Å²) in [6, 6.07) is 15.8. The van der Waals surface area contributed by atoms with E-state index in [2.05, 4.69) is 30.5 Å². The van der Waals surface area contributed by atoms with Crippen molar-refractivity contribution in [2.75, 3.05) is 0 Å². The van der Waals surface area contributed by atoms with Crippen LogP contribution < -0.4 is 0 Å². The van der Waals surface area contributed by atoms with Gasteiger partial charge >= 0.3 is 0 Å². The van der Waals surface area contributed by atoms with Crippen molar-refractivity contribution >= 4 is 23.2 Å². The van der Waals surface area contributed by atoms with E-state index in [1.165, 1.54) is 5.69 Å². The zero-order valence-corrected chi connectivity index (χ0v) is 17.4. The number of nitrogens with zero attached hydrogens (tertiary/aromatic N) is 2. The minimum absolute atomic E-state index is 0.330. The number of hydrogen-bond donors (Lipinski definition) is 0. The molecule has 5 heteroatoms. The molecule has 142 valence electrons. The Labute approximate surface area is 170 Å². The summed E-state index contributed by atoms with van der Waals surface area (Å²) in [6.07, 6.45) is 0.695. The van der Waals surface area contributed by atoms with Crippen LogP contribution in [0.3, 0.4) is 0 Å². The van der Waals surface area contributed by atoms with Gasteiger partial charge in [-0.15, -0.1) is 0 Å². The van der Waals surface area contributed by atoms with Gasteiger partial charge in [-0.1, -0.05) is 67.4 Å². The molecule has 0 radical (unpaired) electrons. The summed E-state index contributed by atoms with van der Waals surface area (Å²) in [4.78, 5) is 4.81. The number of ether oxygens (including phenoxy) is 1. The number of rotatable bonds is 7. The van der Waals surface area contributed by atoms with E-state index in [4.69, 9.17) is 32.9 Å². The van der Waals surface area contributed by atoms with Crippen molar-refractivity contribution < 1.29 is 4.74 Å². The van der Waals surface area contributed by atoms with Crippen molar-refractivity contribution in [2.24, 2.45) is 0 Å². The van der Waals surface area contributed by atoms with E-state index in [-0.39, 0.29) is 0 Å². The average Bonchev–Trinajstić information content (AvgIpc) is 2.90. The van der Waals surface area contributed by atoms with Crippen LogP contribution in [0.5, 0.6) is 0 Å². The van der Waals surface area contributed by atoms with Gasteiger partial charge in [-0.2, -0.15) is 0 Å². The fourth-order valence-electron chi connectivity index (χ4n) is 3.32. The quantitative estimate of drug-likeness (QED) is 0.457. The fraction of sp³-hybridized carbons (Fsp3) is 0.318. The Kier molecular flexibility index (Phi) is 6.59. The van der Waals surface area contributed by atoms with Crippen LogP contribution in [-0.4, -0.2) is 9.55 Å². The predicted octanol–water partition coefficient (Wildman–Crippen LogP) is 6.39. The average molecular weight is 403 g/mol. The number of halogens is 2. The zero-order chi connectivity index (χ0) is 19.4. The predicted molar refractivity (Wildman–Crippen MR) is 112 cm³/mol. The molecule has 3 nitrogen and oxygen atoms in total. The first-order valence-corrected chi connectivity index (χ1v) is 9.82. The van der Waals surface area contributed by atoms with Crippen LogP contribution >= 0.6 is 23.2 Å². The molecular formula is C22H24Cl2N2O. The van der Waals surface area contributed by atoms with Crippen molar-refractivity contribution in [3.63, 3.8) is 0 Å². The first-order chi connectivity index (χ1) is 12.9. The van der Waals surface area contributed by atoms with Crippen molar-refractivity contribution in [1.82, 2.24) is 9.55 Å². The summed E-state index contributed by atoms with van der Waals surface area (Å²) in [7, 11) is 0. The summed E-state index contributed by atoms with van der Waals surface area (Å²) < 4.78 is 8.12. The van der Waals surface area contributed by atoms with Crippen molar-refractivity contribution in [3.8, 4) is 0 Å². The molecule has 0 aliphatic heterocycles. The third-order valence-corrected chi connectivity index (χ3v) is 4.88. The lowest BCUT2D eigenvalue weighted by atomic mass is 10.0. The summed E-state index contributed by atoms with van der Waals surface area (Å²) in [5, 5.41) is 1.29. The van der Waals surface area contributed by atoms with Crippen LogP contribution in [0.15, 0.2) is 48.5 Å². The maximum absolute atomic E-state index is 6.15. The van der Waals surface area contributed by atoms with Gasteiger partial charge in [0.1, 0.15) is 12.6 Å². The van der Waals surface area contributed by atoms with Gasteiger partial charge < -0.3 is 9.30 Å².